The zero-order chi connectivity index (χ0) is 27.8. The first-order valence-corrected chi connectivity index (χ1v) is 11.4. The van der Waals surface area contributed by atoms with E-state index in [0.717, 1.165) is 24.3 Å². The molecule has 1 heterocycles. The Balaban J connectivity index is 1.85. The predicted octanol–water partition coefficient (Wildman–Crippen LogP) is 8.28. The van der Waals surface area contributed by atoms with Gasteiger partial charge in [-0.15, -0.1) is 0 Å². The zero-order valence-corrected chi connectivity index (χ0v) is 19.9. The molecule has 0 aliphatic heterocycles. The maximum Gasteiger partial charge on any atom is 0.416 e. The summed E-state index contributed by atoms with van der Waals surface area (Å²) in [6.45, 7) is -0.366. The van der Waals surface area contributed by atoms with Crippen molar-refractivity contribution in [1.82, 2.24) is 4.98 Å². The Bertz CT molecular complexity index is 1430. The quantitative estimate of drug-likeness (QED) is 0.309. The first-order chi connectivity index (χ1) is 17.7. The fraction of sp³-hybridized carbons (Fsp3) is 0.231. The summed E-state index contributed by atoms with van der Waals surface area (Å²) in [5.74, 6) is -2.45. The van der Waals surface area contributed by atoms with Crippen LogP contribution in [0.3, 0.4) is 0 Å². The topological polar surface area (TPSA) is 59.4 Å². The van der Waals surface area contributed by atoms with Gasteiger partial charge in [0.2, 0.25) is 0 Å². The van der Waals surface area contributed by atoms with Crippen molar-refractivity contribution in [3.8, 4) is 5.75 Å². The number of carboxylic acids is 1. The molecule has 1 aromatic heterocycles. The van der Waals surface area contributed by atoms with Crippen molar-refractivity contribution in [2.45, 2.75) is 38.2 Å². The number of allylic oxidation sites excluding steroid dienone is 2. The van der Waals surface area contributed by atoms with Gasteiger partial charge in [-0.1, -0.05) is 17.7 Å². The number of benzene rings is 2. The lowest BCUT2D eigenvalue weighted by Crippen LogP contribution is -2.11. The molecule has 0 amide bonds. The molecule has 2 aromatic carbocycles. The molecule has 0 saturated carbocycles. The van der Waals surface area contributed by atoms with E-state index in [1.807, 2.05) is 0 Å². The first-order valence-electron chi connectivity index (χ1n) is 11.1. The van der Waals surface area contributed by atoms with Crippen LogP contribution in [0.15, 0.2) is 48.5 Å². The van der Waals surface area contributed by atoms with Crippen molar-refractivity contribution in [2.75, 3.05) is 0 Å². The van der Waals surface area contributed by atoms with Crippen molar-refractivity contribution in [3.63, 3.8) is 0 Å². The van der Waals surface area contributed by atoms with Crippen molar-refractivity contribution < 1.29 is 45.4 Å². The fourth-order valence-corrected chi connectivity index (χ4v) is 4.30. The molecule has 0 fully saturated rings. The summed E-state index contributed by atoms with van der Waals surface area (Å²) in [4.78, 5) is 15.3. The highest BCUT2D eigenvalue weighted by molar-refractivity contribution is 6.30. The van der Waals surface area contributed by atoms with Gasteiger partial charge in [-0.25, -0.2) is 14.2 Å². The number of nitrogens with zero attached hydrogens (tertiary/aromatic N) is 1. The molecule has 0 atom stereocenters. The lowest BCUT2D eigenvalue weighted by molar-refractivity contribution is -0.138. The Hall–Kier alpha value is -3.60. The first kappa shape index (κ1) is 27.4. The van der Waals surface area contributed by atoms with Gasteiger partial charge in [0.1, 0.15) is 23.9 Å². The second-order valence-corrected chi connectivity index (χ2v) is 8.91. The molecular weight excluding hydrogens is 543 g/mol. The monoisotopic (exact) mass is 559 g/mol. The van der Waals surface area contributed by atoms with Gasteiger partial charge >= 0.3 is 18.3 Å². The second kappa shape index (κ2) is 10.3. The molecule has 12 heteroatoms. The Morgan fingerprint density at radius 3 is 2.24 bits per heavy atom. The van der Waals surface area contributed by atoms with Crippen LogP contribution >= 0.6 is 11.6 Å². The molecule has 4 rings (SSSR count). The van der Waals surface area contributed by atoms with Gasteiger partial charge in [-0.3, -0.25) is 0 Å². The number of aromatic nitrogens is 1. The number of ether oxygens (including phenoxy) is 1. The SMILES string of the molecule is O=C(O)c1cc(C(F)(F)F)cc(C2=C(c3cc(C(F)(F)F)ccc3OCc3ccc(Cl)cc3F)CCC2)n1. The molecule has 1 aliphatic carbocycles. The van der Waals surface area contributed by atoms with Crippen LogP contribution in [0.25, 0.3) is 11.1 Å². The van der Waals surface area contributed by atoms with E-state index in [4.69, 9.17) is 16.3 Å². The van der Waals surface area contributed by atoms with Crippen molar-refractivity contribution in [3.05, 3.63) is 93.0 Å². The molecule has 0 spiro atoms. The summed E-state index contributed by atoms with van der Waals surface area (Å²) >= 11 is 5.74. The molecule has 1 N–H and O–H groups in total. The van der Waals surface area contributed by atoms with E-state index < -0.39 is 41.0 Å². The lowest BCUT2D eigenvalue weighted by Gasteiger charge is -2.18. The van der Waals surface area contributed by atoms with Crippen molar-refractivity contribution in [1.29, 1.82) is 0 Å². The summed E-state index contributed by atoms with van der Waals surface area (Å²) in [5.41, 5.74) is -3.03. The third-order valence-electron chi connectivity index (χ3n) is 5.93. The molecule has 3 aromatic rings. The standard InChI is InChI=1S/C26H17ClF7NO3/c27-16-6-4-13(20(28)11-16)12-38-23-7-5-14(25(29,30)31)8-19(23)17-2-1-3-18(17)21-9-15(26(32,33)34)10-22(35-21)24(36)37/h4-11H,1-3,12H2,(H,36,37). The van der Waals surface area contributed by atoms with E-state index in [9.17, 15) is 40.6 Å². The minimum atomic E-state index is -4.88. The molecule has 38 heavy (non-hydrogen) atoms. The highest BCUT2D eigenvalue weighted by Gasteiger charge is 2.35. The summed E-state index contributed by atoms with van der Waals surface area (Å²) in [7, 11) is 0. The van der Waals surface area contributed by atoms with Crippen LogP contribution < -0.4 is 4.74 Å². The van der Waals surface area contributed by atoms with E-state index >= 15 is 0 Å². The molecule has 4 nitrogen and oxygen atoms in total. The van der Waals surface area contributed by atoms with Gasteiger partial charge < -0.3 is 9.84 Å². The van der Waals surface area contributed by atoms with Gasteiger partial charge in [-0.2, -0.15) is 26.3 Å². The number of halogens is 8. The molecule has 1 aliphatic rings. The summed E-state index contributed by atoms with van der Waals surface area (Å²) < 4.78 is 101. The summed E-state index contributed by atoms with van der Waals surface area (Å²) in [6, 6.07) is 7.50. The van der Waals surface area contributed by atoms with Crippen LogP contribution in [-0.4, -0.2) is 16.1 Å². The van der Waals surface area contributed by atoms with E-state index in [-0.39, 0.29) is 58.2 Å². The van der Waals surface area contributed by atoms with E-state index in [2.05, 4.69) is 4.98 Å². The van der Waals surface area contributed by atoms with Gasteiger partial charge in [0, 0.05) is 16.1 Å². The average molecular weight is 560 g/mol. The second-order valence-electron chi connectivity index (χ2n) is 8.47. The van der Waals surface area contributed by atoms with Gasteiger partial charge in [0.25, 0.3) is 0 Å². The number of hydrogen-bond donors (Lipinski definition) is 1. The maximum absolute atomic E-state index is 14.2. The van der Waals surface area contributed by atoms with E-state index in [0.29, 0.717) is 18.6 Å². The number of carboxylic acid groups (broad SMARTS) is 1. The molecule has 200 valence electrons. The number of hydrogen-bond acceptors (Lipinski definition) is 3. The fourth-order valence-electron chi connectivity index (χ4n) is 4.14. The number of rotatable bonds is 6. The average Bonchev–Trinajstić information content (AvgIpc) is 3.32. The third kappa shape index (κ3) is 5.93. The maximum atomic E-state index is 14.2. The Labute approximate surface area is 216 Å². The van der Waals surface area contributed by atoms with Gasteiger partial charge in [0.15, 0.2) is 0 Å². The van der Waals surface area contributed by atoms with Crippen LogP contribution in [-0.2, 0) is 19.0 Å². The molecule has 0 unspecified atom stereocenters. The van der Waals surface area contributed by atoms with E-state index in [1.54, 1.807) is 0 Å². The zero-order valence-electron chi connectivity index (χ0n) is 19.2. The normalized spacial score (nSPS) is 14.2. The largest absolute Gasteiger partial charge is 0.488 e. The highest BCUT2D eigenvalue weighted by atomic mass is 35.5. The Kier molecular flexibility index (Phi) is 7.42. The molecule has 0 saturated heterocycles. The number of alkyl halides is 6. The predicted molar refractivity (Wildman–Crippen MR) is 124 cm³/mol. The van der Waals surface area contributed by atoms with Crippen molar-refractivity contribution >= 4 is 28.7 Å². The van der Waals surface area contributed by atoms with Crippen LogP contribution in [0.2, 0.25) is 5.02 Å². The Morgan fingerprint density at radius 2 is 1.61 bits per heavy atom. The smallest absolute Gasteiger partial charge is 0.416 e. The lowest BCUT2D eigenvalue weighted by atomic mass is 9.96. The van der Waals surface area contributed by atoms with Crippen LogP contribution in [0.4, 0.5) is 30.7 Å². The van der Waals surface area contributed by atoms with Crippen molar-refractivity contribution in [2.24, 2.45) is 0 Å². The number of carbonyl (C=O) groups is 1. The highest BCUT2D eigenvalue weighted by Crippen LogP contribution is 2.45. The molecule has 0 radical (unpaired) electrons. The van der Waals surface area contributed by atoms with Gasteiger partial charge in [-0.05, 0) is 72.9 Å². The summed E-state index contributed by atoms with van der Waals surface area (Å²) in [5, 5.41) is 9.42. The van der Waals surface area contributed by atoms with Crippen LogP contribution in [0.1, 0.15) is 57.7 Å². The number of aromatic carboxylic acids is 1. The van der Waals surface area contributed by atoms with Gasteiger partial charge in [0.05, 0.1) is 16.8 Å². The minimum Gasteiger partial charge on any atom is -0.488 e. The number of pyridine rings is 1. The van der Waals surface area contributed by atoms with Crippen LogP contribution in [0, 0.1) is 5.82 Å². The molecular formula is C26H17ClF7NO3. The molecule has 0 bridgehead atoms. The van der Waals surface area contributed by atoms with E-state index in [1.165, 1.54) is 12.1 Å². The van der Waals surface area contributed by atoms with Crippen LogP contribution in [0.5, 0.6) is 5.75 Å². The summed E-state index contributed by atoms with van der Waals surface area (Å²) in [6.07, 6.45) is -8.94. The minimum absolute atomic E-state index is 0.0576. The Morgan fingerprint density at radius 1 is 0.921 bits per heavy atom. The third-order valence-corrected chi connectivity index (χ3v) is 6.16.